The van der Waals surface area contributed by atoms with Crippen LogP contribution in [0.4, 0.5) is 5.82 Å². The first-order chi connectivity index (χ1) is 13.8. The van der Waals surface area contributed by atoms with Gasteiger partial charge in [-0.05, 0) is 37.6 Å². The zero-order chi connectivity index (χ0) is 18.9. The van der Waals surface area contributed by atoms with Crippen LogP contribution in [0.15, 0.2) is 30.5 Å². The number of nitrogens with one attached hydrogen (secondary N) is 3. The van der Waals surface area contributed by atoms with Crippen molar-refractivity contribution in [3.05, 3.63) is 36.3 Å². The van der Waals surface area contributed by atoms with Crippen molar-refractivity contribution in [1.29, 1.82) is 0 Å². The minimum absolute atomic E-state index is 0.00867. The number of rotatable bonds is 3. The number of imidazole rings is 1. The molecule has 1 atom stereocenters. The van der Waals surface area contributed by atoms with Crippen molar-refractivity contribution in [3.8, 4) is 11.3 Å². The van der Waals surface area contributed by atoms with Gasteiger partial charge in [0, 0.05) is 30.6 Å². The molecule has 144 valence electrons. The fourth-order valence-electron chi connectivity index (χ4n) is 4.00. The summed E-state index contributed by atoms with van der Waals surface area (Å²) in [6.07, 6.45) is 3.86. The number of carbonyl (C=O) groups excluding carboxylic acids is 1. The molecule has 1 saturated heterocycles. The van der Waals surface area contributed by atoms with Crippen LogP contribution in [0.3, 0.4) is 0 Å². The smallest absolute Gasteiger partial charge is 0.229 e. The predicted molar refractivity (Wildman–Crippen MR) is 107 cm³/mol. The summed E-state index contributed by atoms with van der Waals surface area (Å²) < 4.78 is 2.26. The fourth-order valence-corrected chi connectivity index (χ4v) is 4.00. The van der Waals surface area contributed by atoms with Crippen LogP contribution in [-0.4, -0.2) is 45.3 Å². The van der Waals surface area contributed by atoms with Crippen molar-refractivity contribution in [3.63, 3.8) is 0 Å². The Balaban J connectivity index is 1.43. The molecule has 0 spiro atoms. The molecule has 0 radical (unpaired) electrons. The van der Waals surface area contributed by atoms with Gasteiger partial charge in [0.25, 0.3) is 0 Å². The molecule has 3 N–H and O–H groups in total. The van der Waals surface area contributed by atoms with Gasteiger partial charge in [0.1, 0.15) is 5.82 Å². The van der Waals surface area contributed by atoms with Gasteiger partial charge in [0.15, 0.2) is 5.82 Å². The molecule has 2 aromatic heterocycles. The van der Waals surface area contributed by atoms with E-state index in [-0.39, 0.29) is 11.8 Å². The number of amides is 1. The quantitative estimate of drug-likeness (QED) is 0.641. The number of benzene rings is 1. The maximum Gasteiger partial charge on any atom is 0.229 e. The van der Waals surface area contributed by atoms with E-state index in [0.29, 0.717) is 5.82 Å². The first-order valence-corrected chi connectivity index (χ1v) is 9.82. The normalized spacial score (nSPS) is 19.4. The van der Waals surface area contributed by atoms with Crippen molar-refractivity contribution >= 4 is 22.6 Å². The van der Waals surface area contributed by atoms with E-state index in [1.54, 1.807) is 0 Å². The summed E-state index contributed by atoms with van der Waals surface area (Å²) in [7, 11) is 0. The first-order valence-electron chi connectivity index (χ1n) is 9.82. The van der Waals surface area contributed by atoms with Gasteiger partial charge in [0.05, 0.1) is 29.9 Å². The van der Waals surface area contributed by atoms with Crippen molar-refractivity contribution in [2.75, 3.05) is 25.0 Å². The molecule has 8 nitrogen and oxygen atoms in total. The minimum Gasteiger partial charge on any atom is -0.326 e. The molecule has 1 fully saturated rings. The highest BCUT2D eigenvalue weighted by molar-refractivity contribution is 5.94. The molecule has 2 aliphatic rings. The third kappa shape index (κ3) is 3.25. The Morgan fingerprint density at radius 2 is 2.14 bits per heavy atom. The van der Waals surface area contributed by atoms with Crippen LogP contribution < -0.4 is 16.0 Å². The van der Waals surface area contributed by atoms with E-state index in [4.69, 9.17) is 0 Å². The summed E-state index contributed by atoms with van der Waals surface area (Å²) in [6.45, 7) is 4.36. The third-order valence-corrected chi connectivity index (χ3v) is 5.53. The Morgan fingerprint density at radius 3 is 3.04 bits per heavy atom. The summed E-state index contributed by atoms with van der Waals surface area (Å²) in [5, 5.41) is 18.9. The highest BCUT2D eigenvalue weighted by atomic mass is 16.2. The number of anilines is 1. The molecule has 5 rings (SSSR count). The maximum atomic E-state index is 12.5. The van der Waals surface area contributed by atoms with E-state index in [2.05, 4.69) is 47.8 Å². The van der Waals surface area contributed by atoms with Gasteiger partial charge in [-0.25, -0.2) is 4.98 Å². The van der Waals surface area contributed by atoms with Gasteiger partial charge in [-0.15, -0.1) is 10.2 Å². The molecular formula is C20H23N7O. The Hall–Kier alpha value is -2.84. The van der Waals surface area contributed by atoms with Crippen LogP contribution in [0.25, 0.3) is 22.2 Å². The van der Waals surface area contributed by atoms with Crippen LogP contribution in [0.2, 0.25) is 0 Å². The second kappa shape index (κ2) is 7.29. The van der Waals surface area contributed by atoms with E-state index in [1.165, 1.54) is 0 Å². The molecule has 1 amide bonds. The number of fused-ring (bicyclic) bond motifs is 2. The van der Waals surface area contributed by atoms with Gasteiger partial charge >= 0.3 is 0 Å². The van der Waals surface area contributed by atoms with Crippen LogP contribution in [0.1, 0.15) is 18.7 Å². The van der Waals surface area contributed by atoms with E-state index in [1.807, 2.05) is 18.3 Å². The second-order valence-electron chi connectivity index (χ2n) is 7.42. The van der Waals surface area contributed by atoms with Crippen molar-refractivity contribution in [2.45, 2.75) is 25.9 Å². The van der Waals surface area contributed by atoms with E-state index in [0.717, 1.165) is 73.6 Å². The molecule has 4 heterocycles. The number of hydrogen-bond acceptors (Lipinski definition) is 6. The zero-order valence-corrected chi connectivity index (χ0v) is 15.6. The van der Waals surface area contributed by atoms with E-state index in [9.17, 15) is 4.79 Å². The summed E-state index contributed by atoms with van der Waals surface area (Å²) in [5.74, 6) is 1.56. The lowest BCUT2D eigenvalue weighted by molar-refractivity contribution is -0.120. The first kappa shape index (κ1) is 17.3. The standard InChI is InChI=1S/C20H23N7O/c28-20(14-2-1-5-21-10-14)24-18-9-15-8-13(3-4-16(15)25-26-18)17-11-23-19-12-22-6-7-27(17)19/h3-4,8-9,11,14,21-22H,1-2,5-7,10,12H2,(H,24,26,28). The van der Waals surface area contributed by atoms with Crippen LogP contribution in [-0.2, 0) is 17.9 Å². The molecular weight excluding hydrogens is 354 g/mol. The Kier molecular flexibility index (Phi) is 4.50. The van der Waals surface area contributed by atoms with Crippen molar-refractivity contribution in [1.82, 2.24) is 30.4 Å². The average Bonchev–Trinajstić information content (AvgIpc) is 3.18. The Morgan fingerprint density at radius 1 is 1.18 bits per heavy atom. The molecule has 28 heavy (non-hydrogen) atoms. The number of nitrogens with zero attached hydrogens (tertiary/aromatic N) is 4. The van der Waals surface area contributed by atoms with Gasteiger partial charge in [0.2, 0.25) is 5.91 Å². The third-order valence-electron chi connectivity index (χ3n) is 5.53. The molecule has 1 aromatic carbocycles. The minimum atomic E-state index is -0.00972. The van der Waals surface area contributed by atoms with Crippen LogP contribution >= 0.6 is 0 Å². The molecule has 3 aromatic rings. The van der Waals surface area contributed by atoms with E-state index < -0.39 is 0 Å². The van der Waals surface area contributed by atoms with Gasteiger partial charge in [-0.2, -0.15) is 0 Å². The summed E-state index contributed by atoms with van der Waals surface area (Å²) in [4.78, 5) is 17.0. The number of hydrogen-bond donors (Lipinski definition) is 3. The molecule has 2 aliphatic heterocycles. The lowest BCUT2D eigenvalue weighted by atomic mass is 9.99. The lowest BCUT2D eigenvalue weighted by Crippen LogP contribution is -2.37. The van der Waals surface area contributed by atoms with Gasteiger partial charge in [-0.3, -0.25) is 4.79 Å². The largest absolute Gasteiger partial charge is 0.326 e. The van der Waals surface area contributed by atoms with Gasteiger partial charge < -0.3 is 20.5 Å². The summed E-state index contributed by atoms with van der Waals surface area (Å²) in [6, 6.07) is 8.01. The number of carbonyl (C=O) groups is 1. The van der Waals surface area contributed by atoms with Crippen LogP contribution in [0.5, 0.6) is 0 Å². The van der Waals surface area contributed by atoms with E-state index >= 15 is 0 Å². The monoisotopic (exact) mass is 377 g/mol. The molecule has 1 unspecified atom stereocenters. The molecule has 0 saturated carbocycles. The lowest BCUT2D eigenvalue weighted by Gasteiger charge is -2.21. The summed E-state index contributed by atoms with van der Waals surface area (Å²) >= 11 is 0. The molecule has 0 bridgehead atoms. The Labute approximate surface area is 162 Å². The fraction of sp³-hybridized carbons (Fsp3) is 0.400. The maximum absolute atomic E-state index is 12.5. The van der Waals surface area contributed by atoms with Crippen molar-refractivity contribution in [2.24, 2.45) is 5.92 Å². The number of piperidine rings is 1. The SMILES string of the molecule is O=C(Nc1cc2cc(-c3cnc4n3CCNC4)ccc2nn1)C1CCCNC1. The zero-order valence-electron chi connectivity index (χ0n) is 15.6. The molecule has 0 aliphatic carbocycles. The highest BCUT2D eigenvalue weighted by Gasteiger charge is 2.21. The van der Waals surface area contributed by atoms with Crippen molar-refractivity contribution < 1.29 is 4.79 Å². The molecule has 8 heteroatoms. The average molecular weight is 377 g/mol. The van der Waals surface area contributed by atoms with Gasteiger partial charge in [-0.1, -0.05) is 6.07 Å². The van der Waals surface area contributed by atoms with Crippen LogP contribution in [0, 0.1) is 5.92 Å². The Bertz CT molecular complexity index is 1020. The highest BCUT2D eigenvalue weighted by Crippen LogP contribution is 2.26. The number of aromatic nitrogens is 4. The topological polar surface area (TPSA) is 96.8 Å². The predicted octanol–water partition coefficient (Wildman–Crippen LogP) is 1.53. The summed E-state index contributed by atoms with van der Waals surface area (Å²) in [5.41, 5.74) is 3.00. The second-order valence-corrected chi connectivity index (χ2v) is 7.42.